The van der Waals surface area contributed by atoms with E-state index >= 15 is 0 Å². The molecule has 0 atom stereocenters. The Balaban J connectivity index is 2.00. The Hall–Kier alpha value is -0.940. The SMILES string of the molecule is CCCCNC(=O)c1nc2c(s1)CCN(C)C2. The molecule has 1 aromatic heterocycles. The van der Waals surface area contributed by atoms with Crippen LogP contribution in [0.15, 0.2) is 0 Å². The van der Waals surface area contributed by atoms with Crippen LogP contribution >= 0.6 is 11.3 Å². The van der Waals surface area contributed by atoms with Gasteiger partial charge in [-0.05, 0) is 19.9 Å². The largest absolute Gasteiger partial charge is 0.350 e. The number of thiazole rings is 1. The molecule has 5 heteroatoms. The summed E-state index contributed by atoms with van der Waals surface area (Å²) in [6.07, 6.45) is 3.14. The molecule has 0 saturated heterocycles. The zero-order valence-corrected chi connectivity index (χ0v) is 11.3. The number of nitrogens with one attached hydrogen (secondary N) is 1. The quantitative estimate of drug-likeness (QED) is 0.830. The molecule has 1 aromatic rings. The minimum Gasteiger partial charge on any atom is -0.350 e. The van der Waals surface area contributed by atoms with E-state index in [0.29, 0.717) is 5.01 Å². The number of aromatic nitrogens is 1. The number of rotatable bonds is 4. The van der Waals surface area contributed by atoms with Crippen molar-refractivity contribution in [3.63, 3.8) is 0 Å². The smallest absolute Gasteiger partial charge is 0.280 e. The van der Waals surface area contributed by atoms with Gasteiger partial charge in [0.1, 0.15) is 0 Å². The predicted octanol–water partition coefficient (Wildman–Crippen LogP) is 1.66. The van der Waals surface area contributed by atoms with Gasteiger partial charge in [0.2, 0.25) is 0 Å². The first kappa shape index (κ1) is 12.5. The van der Waals surface area contributed by atoms with Gasteiger partial charge in [0.05, 0.1) is 5.69 Å². The van der Waals surface area contributed by atoms with Gasteiger partial charge in [0.15, 0.2) is 5.01 Å². The predicted molar refractivity (Wildman–Crippen MR) is 69.4 cm³/mol. The highest BCUT2D eigenvalue weighted by Crippen LogP contribution is 2.24. The summed E-state index contributed by atoms with van der Waals surface area (Å²) in [6.45, 7) is 4.80. The maximum absolute atomic E-state index is 11.8. The molecule has 0 unspecified atom stereocenters. The van der Waals surface area contributed by atoms with E-state index < -0.39 is 0 Å². The van der Waals surface area contributed by atoms with E-state index in [1.54, 1.807) is 11.3 Å². The van der Waals surface area contributed by atoms with Crippen LogP contribution < -0.4 is 5.32 Å². The summed E-state index contributed by atoms with van der Waals surface area (Å²) in [7, 11) is 2.09. The number of carbonyl (C=O) groups is 1. The van der Waals surface area contributed by atoms with Gasteiger partial charge in [-0.2, -0.15) is 0 Å². The molecule has 2 heterocycles. The van der Waals surface area contributed by atoms with Crippen molar-refractivity contribution in [1.82, 2.24) is 15.2 Å². The van der Waals surface area contributed by atoms with Crippen molar-refractivity contribution >= 4 is 17.2 Å². The number of unbranched alkanes of at least 4 members (excludes halogenated alkanes) is 1. The number of amides is 1. The standard InChI is InChI=1S/C12H19N3OS/c1-3-4-6-13-11(16)12-14-9-8-15(2)7-5-10(9)17-12/h3-8H2,1-2H3,(H,13,16). The van der Waals surface area contributed by atoms with Crippen LogP contribution in [0.2, 0.25) is 0 Å². The van der Waals surface area contributed by atoms with Crippen LogP contribution in [0.1, 0.15) is 40.1 Å². The van der Waals surface area contributed by atoms with Crippen molar-refractivity contribution in [3.05, 3.63) is 15.6 Å². The lowest BCUT2D eigenvalue weighted by atomic mass is 10.2. The highest BCUT2D eigenvalue weighted by molar-refractivity contribution is 7.13. The topological polar surface area (TPSA) is 45.2 Å². The van der Waals surface area contributed by atoms with Crippen LogP contribution in [-0.4, -0.2) is 35.9 Å². The molecular formula is C12H19N3OS. The summed E-state index contributed by atoms with van der Waals surface area (Å²) >= 11 is 1.55. The third-order valence-electron chi connectivity index (χ3n) is 2.93. The van der Waals surface area contributed by atoms with Crippen molar-refractivity contribution in [2.45, 2.75) is 32.7 Å². The van der Waals surface area contributed by atoms with Gasteiger partial charge in [-0.15, -0.1) is 11.3 Å². The second-order valence-electron chi connectivity index (χ2n) is 4.49. The van der Waals surface area contributed by atoms with E-state index in [9.17, 15) is 4.79 Å². The van der Waals surface area contributed by atoms with Gasteiger partial charge in [-0.25, -0.2) is 4.98 Å². The van der Waals surface area contributed by atoms with Gasteiger partial charge < -0.3 is 10.2 Å². The average molecular weight is 253 g/mol. The minimum absolute atomic E-state index is 0.0134. The summed E-state index contributed by atoms with van der Waals surface area (Å²) < 4.78 is 0. The number of hydrogen-bond donors (Lipinski definition) is 1. The highest BCUT2D eigenvalue weighted by atomic mass is 32.1. The molecule has 1 aliphatic rings. The van der Waals surface area contributed by atoms with Crippen LogP contribution in [-0.2, 0) is 13.0 Å². The molecule has 0 radical (unpaired) electrons. The first-order valence-corrected chi connectivity index (χ1v) is 6.97. The normalized spacial score (nSPS) is 15.6. The van der Waals surface area contributed by atoms with E-state index in [2.05, 4.69) is 29.2 Å². The monoisotopic (exact) mass is 253 g/mol. The molecule has 0 bridgehead atoms. The molecule has 94 valence electrons. The van der Waals surface area contributed by atoms with Crippen molar-refractivity contribution in [2.75, 3.05) is 20.1 Å². The molecule has 1 N–H and O–H groups in total. The number of carbonyl (C=O) groups excluding carboxylic acids is 1. The fraction of sp³-hybridized carbons (Fsp3) is 0.667. The molecule has 0 spiro atoms. The second kappa shape index (κ2) is 5.60. The van der Waals surface area contributed by atoms with Crippen LogP contribution in [0, 0.1) is 0 Å². The summed E-state index contributed by atoms with van der Waals surface area (Å²) in [5.74, 6) is -0.0134. The number of hydrogen-bond acceptors (Lipinski definition) is 4. The summed E-state index contributed by atoms with van der Waals surface area (Å²) in [4.78, 5) is 19.8. The Kier molecular flexibility index (Phi) is 4.12. The molecule has 0 fully saturated rings. The van der Waals surface area contributed by atoms with Gasteiger partial charge >= 0.3 is 0 Å². The summed E-state index contributed by atoms with van der Waals surface area (Å²) in [6, 6.07) is 0. The molecule has 1 amide bonds. The van der Waals surface area contributed by atoms with Gasteiger partial charge in [-0.3, -0.25) is 4.79 Å². The Morgan fingerprint density at radius 3 is 3.18 bits per heavy atom. The summed E-state index contributed by atoms with van der Waals surface area (Å²) in [5, 5.41) is 3.54. The van der Waals surface area contributed by atoms with E-state index in [1.807, 2.05) is 0 Å². The number of fused-ring (bicyclic) bond motifs is 1. The number of nitrogens with zero attached hydrogens (tertiary/aromatic N) is 2. The second-order valence-corrected chi connectivity index (χ2v) is 5.57. The van der Waals surface area contributed by atoms with Crippen LogP contribution in [0.25, 0.3) is 0 Å². The average Bonchev–Trinajstić information content (AvgIpc) is 2.72. The lowest BCUT2D eigenvalue weighted by Crippen LogP contribution is -2.26. The maximum Gasteiger partial charge on any atom is 0.280 e. The first-order valence-electron chi connectivity index (χ1n) is 6.16. The molecule has 17 heavy (non-hydrogen) atoms. The molecule has 4 nitrogen and oxygen atoms in total. The molecule has 2 rings (SSSR count). The van der Waals surface area contributed by atoms with E-state index in [4.69, 9.17) is 0 Å². The molecule has 0 saturated carbocycles. The van der Waals surface area contributed by atoms with Crippen molar-refractivity contribution in [2.24, 2.45) is 0 Å². The fourth-order valence-electron chi connectivity index (χ4n) is 1.88. The molecule has 0 aliphatic carbocycles. The highest BCUT2D eigenvalue weighted by Gasteiger charge is 2.20. The Bertz CT molecular complexity index is 402. The van der Waals surface area contributed by atoms with E-state index in [1.165, 1.54) is 4.88 Å². The Labute approximate surface area is 106 Å². The lowest BCUT2D eigenvalue weighted by Gasteiger charge is -2.20. The van der Waals surface area contributed by atoms with Crippen LogP contribution in [0.4, 0.5) is 0 Å². The Morgan fingerprint density at radius 2 is 2.41 bits per heavy atom. The Morgan fingerprint density at radius 1 is 1.59 bits per heavy atom. The van der Waals surface area contributed by atoms with E-state index in [0.717, 1.165) is 44.6 Å². The minimum atomic E-state index is -0.0134. The molecular weight excluding hydrogens is 234 g/mol. The lowest BCUT2D eigenvalue weighted by molar-refractivity contribution is 0.0952. The third kappa shape index (κ3) is 3.04. The molecule has 0 aromatic carbocycles. The first-order chi connectivity index (χ1) is 8.20. The van der Waals surface area contributed by atoms with Crippen molar-refractivity contribution in [1.29, 1.82) is 0 Å². The van der Waals surface area contributed by atoms with E-state index in [-0.39, 0.29) is 5.91 Å². The van der Waals surface area contributed by atoms with Crippen LogP contribution in [0.5, 0.6) is 0 Å². The van der Waals surface area contributed by atoms with Gasteiger partial charge in [0, 0.05) is 24.5 Å². The summed E-state index contributed by atoms with van der Waals surface area (Å²) in [5.41, 5.74) is 1.09. The van der Waals surface area contributed by atoms with Crippen LogP contribution in [0.3, 0.4) is 0 Å². The fourth-order valence-corrected chi connectivity index (χ4v) is 2.86. The third-order valence-corrected chi connectivity index (χ3v) is 4.08. The zero-order valence-electron chi connectivity index (χ0n) is 10.5. The van der Waals surface area contributed by atoms with Crippen molar-refractivity contribution < 1.29 is 4.79 Å². The van der Waals surface area contributed by atoms with Gasteiger partial charge in [0.25, 0.3) is 5.91 Å². The number of likely N-dealkylation sites (N-methyl/N-ethyl adjacent to an activating group) is 1. The zero-order chi connectivity index (χ0) is 12.3. The maximum atomic E-state index is 11.8. The molecule has 1 aliphatic heterocycles. The van der Waals surface area contributed by atoms with Gasteiger partial charge in [-0.1, -0.05) is 13.3 Å². The van der Waals surface area contributed by atoms with Crippen molar-refractivity contribution in [3.8, 4) is 0 Å².